The molecule has 2 nitrogen and oxygen atoms in total. The largest absolute Gasteiger partial charge is 0.463 e. The van der Waals surface area contributed by atoms with Gasteiger partial charge in [-0.15, -0.1) is 0 Å². The smallest absolute Gasteiger partial charge is 0.333 e. The van der Waals surface area contributed by atoms with Crippen LogP contribution in [0.2, 0.25) is 0 Å². The highest BCUT2D eigenvalue weighted by Crippen LogP contribution is 2.16. The summed E-state index contributed by atoms with van der Waals surface area (Å²) in [4.78, 5) is 11.2. The fourth-order valence-corrected chi connectivity index (χ4v) is 1.22. The van der Waals surface area contributed by atoms with Crippen molar-refractivity contribution in [2.24, 2.45) is 0 Å². The van der Waals surface area contributed by atoms with Crippen molar-refractivity contribution in [1.29, 1.82) is 0 Å². The number of carbonyl (C=O) groups is 1. The highest BCUT2D eigenvalue weighted by atomic mass is 19.1. The molecule has 0 amide bonds. The molecule has 86 valence electrons. The van der Waals surface area contributed by atoms with E-state index in [1.54, 1.807) is 6.92 Å². The second-order valence-electron chi connectivity index (χ2n) is 3.20. The lowest BCUT2D eigenvalue weighted by Gasteiger charge is -2.07. The van der Waals surface area contributed by atoms with Crippen LogP contribution in [0.4, 0.5) is 8.78 Å². The summed E-state index contributed by atoms with van der Waals surface area (Å²) >= 11 is 0. The molecule has 0 aliphatic carbocycles. The Morgan fingerprint density at radius 1 is 1.38 bits per heavy atom. The molecular weight excluding hydrogens is 214 g/mol. The molecule has 0 aliphatic rings. The third kappa shape index (κ3) is 2.89. The van der Waals surface area contributed by atoms with Gasteiger partial charge in [0.05, 0.1) is 6.61 Å². The quantitative estimate of drug-likeness (QED) is 0.582. The molecule has 0 unspecified atom stereocenters. The molecule has 16 heavy (non-hydrogen) atoms. The summed E-state index contributed by atoms with van der Waals surface area (Å²) in [5.74, 6) is -2.01. The van der Waals surface area contributed by atoms with E-state index in [4.69, 9.17) is 0 Å². The summed E-state index contributed by atoms with van der Waals surface area (Å²) in [5, 5.41) is 0. The molecule has 0 aromatic heterocycles. The van der Waals surface area contributed by atoms with Crippen LogP contribution < -0.4 is 0 Å². The molecule has 4 heteroatoms. The first kappa shape index (κ1) is 12.4. The van der Waals surface area contributed by atoms with Crippen LogP contribution in [-0.4, -0.2) is 12.6 Å². The summed E-state index contributed by atoms with van der Waals surface area (Å²) in [7, 11) is 0. The third-order valence-electron chi connectivity index (χ3n) is 2.02. The maximum absolute atomic E-state index is 13.2. The summed E-state index contributed by atoms with van der Waals surface area (Å²) in [6.07, 6.45) is -0.183. The number of ether oxygens (including phenoxy) is 1. The molecule has 0 spiro atoms. The average Bonchev–Trinajstić information content (AvgIpc) is 2.23. The lowest BCUT2D eigenvalue weighted by Crippen LogP contribution is -2.10. The third-order valence-corrected chi connectivity index (χ3v) is 2.02. The van der Waals surface area contributed by atoms with Gasteiger partial charge in [0, 0.05) is 17.6 Å². The van der Waals surface area contributed by atoms with Gasteiger partial charge in [-0.05, 0) is 19.1 Å². The Bertz CT molecular complexity index is 393. The normalized spacial score (nSPS) is 9.94. The number of rotatable bonds is 4. The first-order valence-electron chi connectivity index (χ1n) is 4.84. The highest BCUT2D eigenvalue weighted by molar-refractivity contribution is 5.88. The number of benzene rings is 1. The van der Waals surface area contributed by atoms with Crippen LogP contribution in [0.1, 0.15) is 12.5 Å². The average molecular weight is 226 g/mol. The Morgan fingerprint density at radius 3 is 2.44 bits per heavy atom. The molecule has 0 N–H and O–H groups in total. The monoisotopic (exact) mass is 226 g/mol. The zero-order valence-electron chi connectivity index (χ0n) is 8.93. The van der Waals surface area contributed by atoms with Crippen molar-refractivity contribution < 1.29 is 18.3 Å². The second-order valence-corrected chi connectivity index (χ2v) is 3.20. The summed E-state index contributed by atoms with van der Waals surface area (Å²) in [5.41, 5.74) is -0.133. The van der Waals surface area contributed by atoms with Crippen LogP contribution >= 0.6 is 0 Å². The molecule has 1 aromatic rings. The van der Waals surface area contributed by atoms with Gasteiger partial charge in [0.25, 0.3) is 0 Å². The van der Waals surface area contributed by atoms with E-state index in [1.165, 1.54) is 6.07 Å². The SMILES string of the molecule is C=C(Cc1c(F)cccc1F)C(=O)OCC. The lowest BCUT2D eigenvalue weighted by molar-refractivity contribution is -0.138. The van der Waals surface area contributed by atoms with E-state index in [0.717, 1.165) is 12.1 Å². The molecule has 0 atom stereocenters. The van der Waals surface area contributed by atoms with Crippen molar-refractivity contribution in [2.45, 2.75) is 13.3 Å². The minimum absolute atomic E-state index is 0.0332. The lowest BCUT2D eigenvalue weighted by atomic mass is 10.1. The van der Waals surface area contributed by atoms with Crippen LogP contribution in [0.15, 0.2) is 30.4 Å². The van der Waals surface area contributed by atoms with E-state index in [0.29, 0.717) is 0 Å². The summed E-state index contributed by atoms with van der Waals surface area (Å²) in [6.45, 7) is 5.30. The standard InChI is InChI=1S/C12H12F2O2/c1-3-16-12(15)8(2)7-9-10(13)5-4-6-11(9)14/h4-6H,2-3,7H2,1H3. The Balaban J connectivity index is 2.81. The fourth-order valence-electron chi connectivity index (χ4n) is 1.22. The topological polar surface area (TPSA) is 26.3 Å². The van der Waals surface area contributed by atoms with Crippen molar-refractivity contribution in [3.05, 3.63) is 47.5 Å². The van der Waals surface area contributed by atoms with Crippen molar-refractivity contribution in [3.63, 3.8) is 0 Å². The molecule has 0 radical (unpaired) electrons. The number of hydrogen-bond donors (Lipinski definition) is 0. The van der Waals surface area contributed by atoms with Crippen LogP contribution in [0.5, 0.6) is 0 Å². The predicted molar refractivity (Wildman–Crippen MR) is 55.8 cm³/mol. The van der Waals surface area contributed by atoms with Gasteiger partial charge in [-0.2, -0.15) is 0 Å². The zero-order valence-corrected chi connectivity index (χ0v) is 8.93. The van der Waals surface area contributed by atoms with Gasteiger partial charge < -0.3 is 4.74 Å². The van der Waals surface area contributed by atoms with Gasteiger partial charge in [-0.1, -0.05) is 12.6 Å². The summed E-state index contributed by atoms with van der Waals surface area (Å²) in [6, 6.07) is 3.54. The fraction of sp³-hybridized carbons (Fsp3) is 0.250. The molecule has 0 saturated heterocycles. The first-order valence-corrected chi connectivity index (χ1v) is 4.84. The van der Waals surface area contributed by atoms with Crippen molar-refractivity contribution in [2.75, 3.05) is 6.61 Å². The van der Waals surface area contributed by atoms with Crippen LogP contribution in [-0.2, 0) is 16.0 Å². The van der Waals surface area contributed by atoms with Gasteiger partial charge in [0.2, 0.25) is 0 Å². The molecule has 0 bridgehead atoms. The summed E-state index contributed by atoms with van der Waals surface area (Å²) < 4.78 is 31.1. The van der Waals surface area contributed by atoms with Gasteiger partial charge in [-0.3, -0.25) is 0 Å². The van der Waals surface area contributed by atoms with Crippen LogP contribution in [0.3, 0.4) is 0 Å². The molecule has 0 fully saturated rings. The molecule has 1 rings (SSSR count). The van der Waals surface area contributed by atoms with E-state index in [9.17, 15) is 13.6 Å². The maximum atomic E-state index is 13.2. The van der Waals surface area contributed by atoms with E-state index in [2.05, 4.69) is 11.3 Å². The molecule has 0 heterocycles. The number of esters is 1. The number of halogens is 2. The number of carbonyl (C=O) groups excluding carboxylic acids is 1. The van der Waals surface area contributed by atoms with E-state index in [1.807, 2.05) is 0 Å². The molecule has 1 aromatic carbocycles. The Labute approximate surface area is 92.5 Å². The highest BCUT2D eigenvalue weighted by Gasteiger charge is 2.14. The number of hydrogen-bond acceptors (Lipinski definition) is 2. The molecule has 0 aliphatic heterocycles. The van der Waals surface area contributed by atoms with E-state index < -0.39 is 17.6 Å². The van der Waals surface area contributed by atoms with Crippen LogP contribution in [0, 0.1) is 11.6 Å². The second kappa shape index (κ2) is 5.39. The zero-order chi connectivity index (χ0) is 12.1. The van der Waals surface area contributed by atoms with Crippen LogP contribution in [0.25, 0.3) is 0 Å². The molecular formula is C12H12F2O2. The van der Waals surface area contributed by atoms with Gasteiger partial charge in [-0.25, -0.2) is 13.6 Å². The Morgan fingerprint density at radius 2 is 1.94 bits per heavy atom. The van der Waals surface area contributed by atoms with Crippen molar-refractivity contribution in [1.82, 2.24) is 0 Å². The first-order chi connectivity index (χ1) is 7.56. The van der Waals surface area contributed by atoms with Crippen molar-refractivity contribution in [3.8, 4) is 0 Å². The minimum Gasteiger partial charge on any atom is -0.463 e. The Kier molecular flexibility index (Phi) is 4.17. The maximum Gasteiger partial charge on any atom is 0.333 e. The van der Waals surface area contributed by atoms with E-state index in [-0.39, 0.29) is 24.2 Å². The van der Waals surface area contributed by atoms with Gasteiger partial charge >= 0.3 is 5.97 Å². The molecule has 0 saturated carbocycles. The Hall–Kier alpha value is -1.71. The van der Waals surface area contributed by atoms with Crippen molar-refractivity contribution >= 4 is 5.97 Å². The predicted octanol–water partition coefficient (Wildman–Crippen LogP) is 2.63. The minimum atomic E-state index is -0.689. The van der Waals surface area contributed by atoms with E-state index >= 15 is 0 Å². The van der Waals surface area contributed by atoms with Gasteiger partial charge in [0.15, 0.2) is 0 Å². The van der Waals surface area contributed by atoms with Gasteiger partial charge in [0.1, 0.15) is 11.6 Å².